The quantitative estimate of drug-likeness (QED) is 0.896. The van der Waals surface area contributed by atoms with Gasteiger partial charge in [0.05, 0.1) is 12.3 Å². The van der Waals surface area contributed by atoms with Gasteiger partial charge in [-0.1, -0.05) is 6.92 Å². The summed E-state index contributed by atoms with van der Waals surface area (Å²) in [5.74, 6) is 1.18. The molecule has 0 radical (unpaired) electrons. The molecule has 2 unspecified atom stereocenters. The highest BCUT2D eigenvalue weighted by Crippen LogP contribution is 2.38. The van der Waals surface area contributed by atoms with Crippen molar-refractivity contribution >= 4 is 0 Å². The van der Waals surface area contributed by atoms with E-state index in [0.29, 0.717) is 6.04 Å². The first-order chi connectivity index (χ1) is 10.2. The van der Waals surface area contributed by atoms with E-state index >= 15 is 0 Å². The summed E-state index contributed by atoms with van der Waals surface area (Å²) in [6.45, 7) is 5.45. The molecule has 1 heterocycles. The van der Waals surface area contributed by atoms with Crippen LogP contribution in [0.5, 0.6) is 0 Å². The van der Waals surface area contributed by atoms with Gasteiger partial charge in [0.15, 0.2) is 0 Å². The van der Waals surface area contributed by atoms with E-state index in [2.05, 4.69) is 23.7 Å². The largest absolute Gasteiger partial charge is 0.394 e. The molecule has 4 heteroatoms. The zero-order valence-electron chi connectivity index (χ0n) is 13.5. The standard InChI is InChI=1S/C17H29N3O/c1-3-18-17(12-21)10-6-7-14(11-17)20-13(2)19-15-8-4-5-9-16(15)20/h14,18,21H,3-12H2,1-2H3. The molecule has 0 aromatic carbocycles. The molecule has 3 rings (SSSR count). The molecule has 21 heavy (non-hydrogen) atoms. The van der Waals surface area contributed by atoms with Crippen LogP contribution in [-0.2, 0) is 12.8 Å². The number of hydrogen-bond acceptors (Lipinski definition) is 3. The van der Waals surface area contributed by atoms with Crippen LogP contribution in [0.4, 0.5) is 0 Å². The summed E-state index contributed by atoms with van der Waals surface area (Å²) in [5.41, 5.74) is 2.73. The summed E-state index contributed by atoms with van der Waals surface area (Å²) >= 11 is 0. The van der Waals surface area contributed by atoms with Gasteiger partial charge in [0.25, 0.3) is 0 Å². The van der Waals surface area contributed by atoms with Crippen LogP contribution in [0.1, 0.15) is 68.7 Å². The molecule has 2 N–H and O–H groups in total. The highest BCUT2D eigenvalue weighted by molar-refractivity contribution is 5.21. The smallest absolute Gasteiger partial charge is 0.106 e. The highest BCUT2D eigenvalue weighted by Gasteiger charge is 2.37. The third-order valence-electron chi connectivity index (χ3n) is 5.39. The molecule has 2 aliphatic carbocycles. The van der Waals surface area contributed by atoms with E-state index in [0.717, 1.165) is 25.8 Å². The van der Waals surface area contributed by atoms with Gasteiger partial charge < -0.3 is 15.0 Å². The molecule has 0 bridgehead atoms. The van der Waals surface area contributed by atoms with Crippen molar-refractivity contribution in [3.05, 3.63) is 17.2 Å². The van der Waals surface area contributed by atoms with E-state index in [4.69, 9.17) is 4.98 Å². The van der Waals surface area contributed by atoms with Crippen LogP contribution in [0.2, 0.25) is 0 Å². The fourth-order valence-corrected chi connectivity index (χ4v) is 4.47. The van der Waals surface area contributed by atoms with E-state index < -0.39 is 0 Å². The lowest BCUT2D eigenvalue weighted by atomic mass is 9.79. The van der Waals surface area contributed by atoms with Crippen molar-refractivity contribution < 1.29 is 5.11 Å². The lowest BCUT2D eigenvalue weighted by molar-refractivity contribution is 0.0980. The summed E-state index contributed by atoms with van der Waals surface area (Å²) in [6.07, 6.45) is 9.43. The zero-order chi connectivity index (χ0) is 14.9. The normalized spacial score (nSPS) is 29.4. The van der Waals surface area contributed by atoms with Gasteiger partial charge in [0.1, 0.15) is 5.82 Å². The molecule has 0 saturated heterocycles. The minimum Gasteiger partial charge on any atom is -0.394 e. The first kappa shape index (κ1) is 15.0. The van der Waals surface area contributed by atoms with Crippen molar-refractivity contribution in [3.63, 3.8) is 0 Å². The fraction of sp³-hybridized carbons (Fsp3) is 0.824. The second kappa shape index (κ2) is 6.09. The van der Waals surface area contributed by atoms with Crippen LogP contribution in [-0.4, -0.2) is 33.3 Å². The maximum Gasteiger partial charge on any atom is 0.106 e. The molecule has 1 fully saturated rings. The number of imidazole rings is 1. The lowest BCUT2D eigenvalue weighted by Crippen LogP contribution is -2.52. The number of nitrogens with one attached hydrogen (secondary N) is 1. The Hall–Kier alpha value is -0.870. The molecule has 0 aliphatic heterocycles. The first-order valence-electron chi connectivity index (χ1n) is 8.61. The Balaban J connectivity index is 1.88. The molecular formula is C17H29N3O. The number of aliphatic hydroxyl groups is 1. The van der Waals surface area contributed by atoms with Gasteiger partial charge in [-0.3, -0.25) is 0 Å². The van der Waals surface area contributed by atoms with Crippen molar-refractivity contribution in [1.82, 2.24) is 14.9 Å². The van der Waals surface area contributed by atoms with Crippen molar-refractivity contribution in [3.8, 4) is 0 Å². The molecular weight excluding hydrogens is 262 g/mol. The van der Waals surface area contributed by atoms with E-state index in [1.807, 2.05) is 0 Å². The van der Waals surface area contributed by atoms with Crippen LogP contribution in [0.25, 0.3) is 0 Å². The minimum absolute atomic E-state index is 0.0874. The van der Waals surface area contributed by atoms with E-state index in [1.54, 1.807) is 0 Å². The van der Waals surface area contributed by atoms with Crippen LogP contribution in [0.3, 0.4) is 0 Å². The van der Waals surface area contributed by atoms with Crippen molar-refractivity contribution in [2.45, 2.75) is 76.8 Å². The maximum atomic E-state index is 9.91. The predicted octanol–water partition coefficient (Wildman–Crippen LogP) is 2.53. The molecule has 4 nitrogen and oxygen atoms in total. The minimum atomic E-state index is -0.0874. The molecule has 2 atom stereocenters. The summed E-state index contributed by atoms with van der Waals surface area (Å²) < 4.78 is 2.51. The van der Waals surface area contributed by atoms with Crippen LogP contribution >= 0.6 is 0 Å². The fourth-order valence-electron chi connectivity index (χ4n) is 4.47. The molecule has 2 aliphatic rings. The number of nitrogens with zero attached hydrogens (tertiary/aromatic N) is 2. The van der Waals surface area contributed by atoms with Crippen molar-refractivity contribution in [1.29, 1.82) is 0 Å². The second-order valence-corrected chi connectivity index (χ2v) is 6.85. The number of rotatable bonds is 4. The lowest BCUT2D eigenvalue weighted by Gasteiger charge is -2.41. The Morgan fingerprint density at radius 3 is 2.90 bits per heavy atom. The van der Waals surface area contributed by atoms with Gasteiger partial charge >= 0.3 is 0 Å². The van der Waals surface area contributed by atoms with Crippen LogP contribution in [0, 0.1) is 6.92 Å². The van der Waals surface area contributed by atoms with Gasteiger partial charge in [-0.25, -0.2) is 4.98 Å². The number of aryl methyl sites for hydroxylation is 2. The van der Waals surface area contributed by atoms with Gasteiger partial charge in [0, 0.05) is 17.3 Å². The van der Waals surface area contributed by atoms with Gasteiger partial charge in [0.2, 0.25) is 0 Å². The van der Waals surface area contributed by atoms with Gasteiger partial charge in [-0.15, -0.1) is 0 Å². The number of likely N-dealkylation sites (N-methyl/N-ethyl adjacent to an activating group) is 1. The highest BCUT2D eigenvalue weighted by atomic mass is 16.3. The van der Waals surface area contributed by atoms with E-state index in [-0.39, 0.29) is 12.1 Å². The Kier molecular flexibility index (Phi) is 4.36. The first-order valence-corrected chi connectivity index (χ1v) is 8.61. The summed E-state index contributed by atoms with van der Waals surface area (Å²) in [5, 5.41) is 13.5. The SMILES string of the molecule is CCNC1(CO)CCCC(n2c(C)nc3c2CCCC3)C1. The average Bonchev–Trinajstić information content (AvgIpc) is 2.83. The third-order valence-corrected chi connectivity index (χ3v) is 5.39. The summed E-state index contributed by atoms with van der Waals surface area (Å²) in [7, 11) is 0. The molecule has 1 aromatic rings. The molecule has 0 amide bonds. The van der Waals surface area contributed by atoms with Gasteiger partial charge in [-0.05, 0) is 64.8 Å². The third kappa shape index (κ3) is 2.76. The molecule has 1 aromatic heterocycles. The number of hydrogen-bond donors (Lipinski definition) is 2. The Labute approximate surface area is 128 Å². The van der Waals surface area contributed by atoms with E-state index in [9.17, 15) is 5.11 Å². The van der Waals surface area contributed by atoms with E-state index in [1.165, 1.54) is 49.3 Å². The topological polar surface area (TPSA) is 50.1 Å². The monoisotopic (exact) mass is 291 g/mol. The van der Waals surface area contributed by atoms with Crippen molar-refractivity contribution in [2.24, 2.45) is 0 Å². The zero-order valence-corrected chi connectivity index (χ0v) is 13.5. The molecule has 118 valence electrons. The Morgan fingerprint density at radius 2 is 2.14 bits per heavy atom. The predicted molar refractivity (Wildman–Crippen MR) is 84.6 cm³/mol. The second-order valence-electron chi connectivity index (χ2n) is 6.85. The van der Waals surface area contributed by atoms with Crippen molar-refractivity contribution in [2.75, 3.05) is 13.2 Å². The summed E-state index contributed by atoms with van der Waals surface area (Å²) in [6, 6.07) is 0.499. The van der Waals surface area contributed by atoms with Crippen LogP contribution in [0.15, 0.2) is 0 Å². The molecule has 0 spiro atoms. The molecule has 1 saturated carbocycles. The summed E-state index contributed by atoms with van der Waals surface area (Å²) in [4.78, 5) is 4.83. The maximum absolute atomic E-state index is 9.91. The number of aromatic nitrogens is 2. The Bertz CT molecular complexity index is 492. The number of aliphatic hydroxyl groups excluding tert-OH is 1. The Morgan fingerprint density at radius 1 is 1.33 bits per heavy atom. The average molecular weight is 291 g/mol. The van der Waals surface area contributed by atoms with Crippen LogP contribution < -0.4 is 5.32 Å². The number of fused-ring (bicyclic) bond motifs is 1. The van der Waals surface area contributed by atoms with Gasteiger partial charge in [-0.2, -0.15) is 0 Å².